The number of benzene rings is 1. The second kappa shape index (κ2) is 5.58. The van der Waals surface area contributed by atoms with E-state index in [4.69, 9.17) is 9.47 Å². The van der Waals surface area contributed by atoms with Crippen molar-refractivity contribution >= 4 is 10.0 Å². The molecule has 0 unspecified atom stereocenters. The van der Waals surface area contributed by atoms with Crippen LogP contribution in [0, 0.1) is 6.92 Å². The van der Waals surface area contributed by atoms with E-state index in [1.54, 1.807) is 38.5 Å². The lowest BCUT2D eigenvalue weighted by atomic mass is 10.2. The molecule has 0 radical (unpaired) electrons. The van der Waals surface area contributed by atoms with Crippen LogP contribution in [0.5, 0.6) is 0 Å². The first kappa shape index (κ1) is 14.5. The Hall–Kier alpha value is -0.950. The average molecular weight is 285 g/mol. The van der Waals surface area contributed by atoms with Crippen LogP contribution in [0.1, 0.15) is 5.56 Å². The van der Waals surface area contributed by atoms with Crippen LogP contribution >= 0.6 is 0 Å². The summed E-state index contributed by atoms with van der Waals surface area (Å²) in [6.45, 7) is 2.70. The molecule has 1 fully saturated rings. The zero-order valence-corrected chi connectivity index (χ0v) is 12.2. The van der Waals surface area contributed by atoms with Gasteiger partial charge in [0.25, 0.3) is 0 Å². The molecule has 5 nitrogen and oxygen atoms in total. The first-order chi connectivity index (χ1) is 9.02. The number of methoxy groups -OCH3 is 2. The first-order valence-corrected chi connectivity index (χ1v) is 7.54. The van der Waals surface area contributed by atoms with E-state index in [0.29, 0.717) is 18.1 Å². The van der Waals surface area contributed by atoms with E-state index < -0.39 is 10.0 Å². The third kappa shape index (κ3) is 2.81. The Labute approximate surface area is 114 Å². The fourth-order valence-electron chi connectivity index (χ4n) is 2.21. The fourth-order valence-corrected chi connectivity index (χ4v) is 3.99. The van der Waals surface area contributed by atoms with Crippen LogP contribution in [-0.2, 0) is 19.5 Å². The predicted molar refractivity (Wildman–Crippen MR) is 71.5 cm³/mol. The summed E-state index contributed by atoms with van der Waals surface area (Å²) in [5.74, 6) is 0. The highest BCUT2D eigenvalue weighted by Gasteiger charge is 2.55. The zero-order chi connectivity index (χ0) is 14.0. The molecule has 1 aliphatic rings. The van der Waals surface area contributed by atoms with Gasteiger partial charge >= 0.3 is 0 Å². The normalized spacial score (nSPS) is 26.4. The van der Waals surface area contributed by atoms with Crippen LogP contribution in [0.2, 0.25) is 0 Å². The highest BCUT2D eigenvalue weighted by atomic mass is 32.2. The Morgan fingerprint density at radius 2 is 1.53 bits per heavy atom. The molecular weight excluding hydrogens is 266 g/mol. The Balaban J connectivity index is 2.22. The maximum absolute atomic E-state index is 12.5. The Morgan fingerprint density at radius 1 is 1.05 bits per heavy atom. The van der Waals surface area contributed by atoms with Gasteiger partial charge in [-0.3, -0.25) is 0 Å². The summed E-state index contributed by atoms with van der Waals surface area (Å²) >= 11 is 0. The second-order valence-corrected chi connectivity index (χ2v) is 6.54. The van der Waals surface area contributed by atoms with Crippen molar-refractivity contribution in [1.82, 2.24) is 4.31 Å². The quantitative estimate of drug-likeness (QED) is 0.733. The maximum atomic E-state index is 12.5. The minimum absolute atomic E-state index is 0.128. The van der Waals surface area contributed by atoms with Crippen LogP contribution in [0.25, 0.3) is 0 Å². The molecule has 2 rings (SSSR count). The van der Waals surface area contributed by atoms with E-state index in [1.165, 1.54) is 4.31 Å². The molecule has 1 aromatic carbocycles. The average Bonchev–Trinajstić information content (AvgIpc) is 3.04. The first-order valence-electron chi connectivity index (χ1n) is 6.10. The van der Waals surface area contributed by atoms with Crippen LogP contribution < -0.4 is 0 Å². The zero-order valence-electron chi connectivity index (χ0n) is 11.4. The number of nitrogens with zero attached hydrogens (tertiary/aromatic N) is 1. The predicted octanol–water partition coefficient (Wildman–Crippen LogP) is 1.03. The van der Waals surface area contributed by atoms with Crippen molar-refractivity contribution in [1.29, 1.82) is 0 Å². The monoisotopic (exact) mass is 285 g/mol. The molecule has 0 spiro atoms. The molecule has 1 aromatic rings. The third-order valence-electron chi connectivity index (χ3n) is 3.28. The van der Waals surface area contributed by atoms with Gasteiger partial charge in [0.15, 0.2) is 0 Å². The van der Waals surface area contributed by atoms with Crippen LogP contribution in [0.4, 0.5) is 0 Å². The molecule has 0 N–H and O–H groups in total. The summed E-state index contributed by atoms with van der Waals surface area (Å²) in [4.78, 5) is 0.317. The van der Waals surface area contributed by atoms with Gasteiger partial charge in [0.1, 0.15) is 0 Å². The Morgan fingerprint density at radius 3 is 1.95 bits per heavy atom. The Bertz CT molecular complexity index is 514. The summed E-state index contributed by atoms with van der Waals surface area (Å²) in [5, 5.41) is 0. The molecule has 0 aliphatic carbocycles. The van der Waals surface area contributed by atoms with E-state index in [2.05, 4.69) is 0 Å². The topological polar surface area (TPSA) is 55.6 Å². The lowest BCUT2D eigenvalue weighted by molar-refractivity contribution is 0.179. The molecule has 0 saturated carbocycles. The number of hydrogen-bond donors (Lipinski definition) is 0. The van der Waals surface area contributed by atoms with Crippen molar-refractivity contribution in [2.75, 3.05) is 27.4 Å². The number of sulfonamides is 1. The Kier molecular flexibility index (Phi) is 4.25. The smallest absolute Gasteiger partial charge is 0.243 e. The van der Waals surface area contributed by atoms with Crippen LogP contribution in [0.15, 0.2) is 29.2 Å². The van der Waals surface area contributed by atoms with Gasteiger partial charge in [0.2, 0.25) is 10.0 Å². The summed E-state index contributed by atoms with van der Waals surface area (Å²) in [6.07, 6.45) is 0. The minimum atomic E-state index is -3.45. The minimum Gasteiger partial charge on any atom is -0.383 e. The van der Waals surface area contributed by atoms with Gasteiger partial charge < -0.3 is 9.47 Å². The van der Waals surface area contributed by atoms with Gasteiger partial charge in [-0.1, -0.05) is 17.7 Å². The van der Waals surface area contributed by atoms with E-state index in [-0.39, 0.29) is 12.1 Å². The van der Waals surface area contributed by atoms with Crippen molar-refractivity contribution in [3.05, 3.63) is 29.8 Å². The summed E-state index contributed by atoms with van der Waals surface area (Å²) in [7, 11) is -0.315. The van der Waals surface area contributed by atoms with E-state index in [9.17, 15) is 8.42 Å². The molecule has 1 heterocycles. The summed E-state index contributed by atoms with van der Waals surface area (Å²) in [6, 6.07) is 6.61. The van der Waals surface area contributed by atoms with Gasteiger partial charge in [-0.05, 0) is 19.1 Å². The largest absolute Gasteiger partial charge is 0.383 e. The van der Waals surface area contributed by atoms with E-state index in [1.807, 2.05) is 6.92 Å². The van der Waals surface area contributed by atoms with Gasteiger partial charge in [0, 0.05) is 14.2 Å². The molecule has 0 aromatic heterocycles. The van der Waals surface area contributed by atoms with Crippen molar-refractivity contribution in [3.8, 4) is 0 Å². The van der Waals surface area contributed by atoms with Crippen molar-refractivity contribution in [3.63, 3.8) is 0 Å². The maximum Gasteiger partial charge on any atom is 0.243 e. The van der Waals surface area contributed by atoms with Crippen molar-refractivity contribution in [2.24, 2.45) is 0 Å². The van der Waals surface area contributed by atoms with Gasteiger partial charge in [-0.15, -0.1) is 0 Å². The highest BCUT2D eigenvalue weighted by Crippen LogP contribution is 2.36. The number of ether oxygens (including phenoxy) is 2. The van der Waals surface area contributed by atoms with E-state index >= 15 is 0 Å². The molecule has 6 heteroatoms. The van der Waals surface area contributed by atoms with Crippen LogP contribution in [0.3, 0.4) is 0 Å². The lowest BCUT2D eigenvalue weighted by Crippen LogP contribution is -2.18. The van der Waals surface area contributed by atoms with Crippen LogP contribution in [-0.4, -0.2) is 52.2 Å². The van der Waals surface area contributed by atoms with E-state index in [0.717, 1.165) is 5.56 Å². The standard InChI is InChI=1S/C13H19NO4S/c1-10-4-6-11(7-5-10)19(15,16)14-12(8-17-2)13(14)9-18-3/h4-7,12-13H,8-9H2,1-3H3/t12-,13-/m0/s1. The molecular formula is C13H19NO4S. The number of hydrogen-bond acceptors (Lipinski definition) is 4. The third-order valence-corrected chi connectivity index (χ3v) is 5.24. The summed E-state index contributed by atoms with van der Waals surface area (Å²) < 4.78 is 36.6. The molecule has 1 saturated heterocycles. The highest BCUT2D eigenvalue weighted by molar-refractivity contribution is 7.89. The molecule has 0 bridgehead atoms. The van der Waals surface area contributed by atoms with Crippen molar-refractivity contribution in [2.45, 2.75) is 23.9 Å². The van der Waals surface area contributed by atoms with Crippen molar-refractivity contribution < 1.29 is 17.9 Å². The molecule has 1 aliphatic heterocycles. The fraction of sp³-hybridized carbons (Fsp3) is 0.538. The lowest BCUT2D eigenvalue weighted by Gasteiger charge is -2.07. The number of aryl methyl sites for hydroxylation is 1. The van der Waals surface area contributed by atoms with Gasteiger partial charge in [-0.2, -0.15) is 4.31 Å². The van der Waals surface area contributed by atoms with Gasteiger partial charge in [0.05, 0.1) is 30.2 Å². The molecule has 2 atom stereocenters. The SMILES string of the molecule is COC[C@H]1[C@H](COC)N1S(=O)(=O)c1ccc(C)cc1. The van der Waals surface area contributed by atoms with Gasteiger partial charge in [-0.25, -0.2) is 8.42 Å². The number of rotatable bonds is 6. The summed E-state index contributed by atoms with van der Waals surface area (Å²) in [5.41, 5.74) is 1.03. The molecule has 106 valence electrons. The second-order valence-electron chi connectivity index (χ2n) is 4.69. The molecule has 19 heavy (non-hydrogen) atoms. The molecule has 0 amide bonds.